The third kappa shape index (κ3) is 4.94. The minimum Gasteiger partial charge on any atom is -0.497 e. The second-order valence-electron chi connectivity index (χ2n) is 4.72. The Balaban J connectivity index is 0.00000264. The largest absolute Gasteiger partial charge is 0.497 e. The monoisotopic (exact) mass is 357 g/mol. The molecule has 7 heteroatoms. The summed E-state index contributed by atoms with van der Waals surface area (Å²) >= 11 is 0. The van der Waals surface area contributed by atoms with E-state index in [4.69, 9.17) is 4.74 Å². The molecule has 0 heterocycles. The highest BCUT2D eigenvalue weighted by molar-refractivity contribution is 7.89. The van der Waals surface area contributed by atoms with E-state index in [2.05, 4.69) is 0 Å². The van der Waals surface area contributed by atoms with Crippen molar-refractivity contribution in [2.24, 2.45) is 0 Å². The molecule has 0 aliphatic heterocycles. The zero-order chi connectivity index (χ0) is 16.0. The molecule has 0 bridgehead atoms. The van der Waals surface area contributed by atoms with Crippen LogP contribution in [0.15, 0.2) is 59.5 Å². The van der Waals surface area contributed by atoms with Crippen molar-refractivity contribution >= 4 is 22.4 Å². The second-order valence-corrected chi connectivity index (χ2v) is 6.66. The predicted octanol–water partition coefficient (Wildman–Crippen LogP) is 2.30. The lowest BCUT2D eigenvalue weighted by molar-refractivity contribution is 0.251. The van der Waals surface area contributed by atoms with E-state index in [1.807, 2.05) is 30.3 Å². The Labute approximate surface area is 143 Å². The molecule has 126 valence electrons. The molecular weight excluding hydrogens is 338 g/mol. The highest BCUT2D eigenvalue weighted by Crippen LogP contribution is 2.21. The van der Waals surface area contributed by atoms with Crippen LogP contribution >= 0.6 is 12.4 Å². The lowest BCUT2D eigenvalue weighted by Gasteiger charge is -2.21. The quantitative estimate of drug-likeness (QED) is 0.825. The minimum absolute atomic E-state index is 0. The summed E-state index contributed by atoms with van der Waals surface area (Å²) in [6.45, 7) is 0.0290. The Morgan fingerprint density at radius 2 is 1.65 bits per heavy atom. The summed E-state index contributed by atoms with van der Waals surface area (Å²) in [7, 11) is -2.14. The molecule has 0 amide bonds. The Kier molecular flexibility index (Phi) is 7.51. The van der Waals surface area contributed by atoms with E-state index in [1.54, 1.807) is 12.1 Å². The van der Waals surface area contributed by atoms with Crippen LogP contribution in [0.1, 0.15) is 5.56 Å². The third-order valence-corrected chi connectivity index (χ3v) is 5.11. The van der Waals surface area contributed by atoms with Crippen molar-refractivity contribution in [3.8, 4) is 5.75 Å². The molecule has 0 saturated heterocycles. The van der Waals surface area contributed by atoms with Gasteiger partial charge in [0.15, 0.2) is 0 Å². The molecule has 0 unspecified atom stereocenters. The van der Waals surface area contributed by atoms with Crippen LogP contribution in [0.5, 0.6) is 5.75 Å². The molecular formula is C16H20ClNO4S. The molecule has 0 aliphatic carbocycles. The van der Waals surface area contributed by atoms with Crippen molar-refractivity contribution in [2.45, 2.75) is 11.4 Å². The van der Waals surface area contributed by atoms with Gasteiger partial charge in [0.25, 0.3) is 0 Å². The average molecular weight is 358 g/mol. The highest BCUT2D eigenvalue weighted by Gasteiger charge is 2.24. The van der Waals surface area contributed by atoms with Crippen LogP contribution in [0.3, 0.4) is 0 Å². The lowest BCUT2D eigenvalue weighted by atomic mass is 10.2. The van der Waals surface area contributed by atoms with E-state index in [1.165, 1.54) is 23.5 Å². The van der Waals surface area contributed by atoms with Gasteiger partial charge in [-0.3, -0.25) is 0 Å². The van der Waals surface area contributed by atoms with Gasteiger partial charge < -0.3 is 9.84 Å². The number of sulfonamides is 1. The highest BCUT2D eigenvalue weighted by atomic mass is 35.5. The van der Waals surface area contributed by atoms with E-state index >= 15 is 0 Å². The number of halogens is 1. The Bertz CT molecular complexity index is 690. The molecule has 23 heavy (non-hydrogen) atoms. The molecule has 5 nitrogen and oxygen atoms in total. The van der Waals surface area contributed by atoms with Crippen LogP contribution < -0.4 is 4.74 Å². The van der Waals surface area contributed by atoms with Crippen molar-refractivity contribution in [2.75, 3.05) is 20.3 Å². The van der Waals surface area contributed by atoms with Crippen LogP contribution in [0.25, 0.3) is 0 Å². The molecule has 0 saturated carbocycles. The molecule has 2 aromatic carbocycles. The SMILES string of the molecule is COc1ccc(S(=O)(=O)N(CCO)Cc2ccccc2)cc1.Cl. The number of benzene rings is 2. The Hall–Kier alpha value is -1.60. The Morgan fingerprint density at radius 3 is 2.17 bits per heavy atom. The fourth-order valence-electron chi connectivity index (χ4n) is 2.08. The topological polar surface area (TPSA) is 66.8 Å². The van der Waals surface area contributed by atoms with Crippen molar-refractivity contribution in [1.29, 1.82) is 0 Å². The fraction of sp³-hybridized carbons (Fsp3) is 0.250. The first-order valence-electron chi connectivity index (χ1n) is 6.87. The van der Waals surface area contributed by atoms with E-state index in [-0.39, 0.29) is 37.0 Å². The number of hydrogen-bond acceptors (Lipinski definition) is 4. The van der Waals surface area contributed by atoms with E-state index < -0.39 is 10.0 Å². The number of aliphatic hydroxyl groups excluding tert-OH is 1. The van der Waals surface area contributed by atoms with Crippen molar-refractivity contribution < 1.29 is 18.3 Å². The van der Waals surface area contributed by atoms with E-state index in [0.29, 0.717) is 5.75 Å². The van der Waals surface area contributed by atoms with Crippen molar-refractivity contribution in [1.82, 2.24) is 4.31 Å². The molecule has 1 N–H and O–H groups in total. The maximum atomic E-state index is 12.7. The smallest absolute Gasteiger partial charge is 0.243 e. The summed E-state index contributed by atoms with van der Waals surface area (Å²) in [5, 5.41) is 9.18. The van der Waals surface area contributed by atoms with Crippen LogP contribution in [-0.4, -0.2) is 38.1 Å². The van der Waals surface area contributed by atoms with E-state index in [9.17, 15) is 13.5 Å². The minimum atomic E-state index is -3.67. The van der Waals surface area contributed by atoms with Gasteiger partial charge in [-0.1, -0.05) is 30.3 Å². The lowest BCUT2D eigenvalue weighted by Crippen LogP contribution is -2.33. The van der Waals surface area contributed by atoms with Crippen LogP contribution in [0, 0.1) is 0 Å². The number of aliphatic hydroxyl groups is 1. The number of nitrogens with zero attached hydrogens (tertiary/aromatic N) is 1. The summed E-state index contributed by atoms with van der Waals surface area (Å²) < 4.78 is 31.7. The van der Waals surface area contributed by atoms with E-state index in [0.717, 1.165) is 5.56 Å². The average Bonchev–Trinajstić information content (AvgIpc) is 2.55. The summed E-state index contributed by atoms with van der Waals surface area (Å²) in [6, 6.07) is 15.5. The second kappa shape index (κ2) is 8.88. The van der Waals surface area contributed by atoms with Gasteiger partial charge >= 0.3 is 0 Å². The van der Waals surface area contributed by atoms with Gasteiger partial charge in [-0.25, -0.2) is 8.42 Å². The van der Waals surface area contributed by atoms with Gasteiger partial charge in [0, 0.05) is 13.1 Å². The summed E-state index contributed by atoms with van der Waals surface area (Å²) in [4.78, 5) is 0.178. The zero-order valence-electron chi connectivity index (χ0n) is 12.8. The third-order valence-electron chi connectivity index (χ3n) is 3.25. The molecule has 0 radical (unpaired) electrons. The molecule has 0 aromatic heterocycles. The normalized spacial score (nSPS) is 11.1. The summed E-state index contributed by atoms with van der Waals surface area (Å²) in [6.07, 6.45) is 0. The molecule has 0 fully saturated rings. The first-order valence-corrected chi connectivity index (χ1v) is 8.31. The van der Waals surface area contributed by atoms with Gasteiger partial charge in [0.05, 0.1) is 18.6 Å². The number of ether oxygens (including phenoxy) is 1. The van der Waals surface area contributed by atoms with Gasteiger partial charge in [-0.15, -0.1) is 12.4 Å². The van der Waals surface area contributed by atoms with Crippen molar-refractivity contribution in [3.63, 3.8) is 0 Å². The predicted molar refractivity (Wildman–Crippen MR) is 91.4 cm³/mol. The van der Waals surface area contributed by atoms with Crippen LogP contribution in [0.4, 0.5) is 0 Å². The number of hydrogen-bond donors (Lipinski definition) is 1. The summed E-state index contributed by atoms with van der Waals surface area (Å²) in [5.74, 6) is 0.593. The first-order chi connectivity index (χ1) is 10.6. The molecule has 0 atom stereocenters. The zero-order valence-corrected chi connectivity index (χ0v) is 14.4. The van der Waals surface area contributed by atoms with Gasteiger partial charge in [0.1, 0.15) is 5.75 Å². The molecule has 0 spiro atoms. The summed E-state index contributed by atoms with van der Waals surface area (Å²) in [5.41, 5.74) is 0.869. The molecule has 2 rings (SSSR count). The molecule has 2 aromatic rings. The molecule has 0 aliphatic rings. The maximum absolute atomic E-state index is 12.7. The van der Waals surface area contributed by atoms with Crippen LogP contribution in [-0.2, 0) is 16.6 Å². The van der Waals surface area contributed by atoms with Gasteiger partial charge in [-0.2, -0.15) is 4.31 Å². The van der Waals surface area contributed by atoms with Crippen molar-refractivity contribution in [3.05, 3.63) is 60.2 Å². The van der Waals surface area contributed by atoms with Crippen LogP contribution in [0.2, 0.25) is 0 Å². The number of methoxy groups -OCH3 is 1. The fourth-order valence-corrected chi connectivity index (χ4v) is 3.50. The van der Waals surface area contributed by atoms with Gasteiger partial charge in [0.2, 0.25) is 10.0 Å². The standard InChI is InChI=1S/C16H19NO4S.ClH/c1-21-15-7-9-16(10-8-15)22(19,20)17(11-12-18)13-14-5-3-2-4-6-14;/h2-10,18H,11-13H2,1H3;1H. The first kappa shape index (κ1) is 19.4. The number of rotatable bonds is 7. The Morgan fingerprint density at radius 1 is 1.04 bits per heavy atom. The maximum Gasteiger partial charge on any atom is 0.243 e. The van der Waals surface area contributed by atoms with Gasteiger partial charge in [-0.05, 0) is 29.8 Å².